The molecule has 0 aliphatic carbocycles. The molecule has 0 heterocycles. The minimum Gasteiger partial charge on any atom is -0.481 e. The molecule has 0 radical (unpaired) electrons. The molecule has 0 spiro atoms. The molecule has 190 valence electrons. The number of nitrogens with two attached hydrogens (primary N) is 1. The third kappa shape index (κ3) is 9.80. The van der Waals surface area contributed by atoms with Crippen LogP contribution in [0.2, 0.25) is 0 Å². The first-order chi connectivity index (χ1) is 17.2. The Labute approximate surface area is 208 Å². The van der Waals surface area contributed by atoms with Crippen molar-refractivity contribution in [3.05, 3.63) is 77.4 Å². The second-order valence-corrected chi connectivity index (χ2v) is 8.14. The van der Waals surface area contributed by atoms with Crippen LogP contribution in [0, 0.1) is 5.41 Å². The highest BCUT2D eigenvalue weighted by Crippen LogP contribution is 2.09. The van der Waals surface area contributed by atoms with E-state index in [4.69, 9.17) is 16.2 Å². The lowest BCUT2D eigenvalue weighted by Gasteiger charge is -2.20. The SMILES string of the molecule is N=C(N)c1cccc(/C=C/CCCC(=O)N[C@@H](CC(=O)O)C(=O)N[C@@H](Cc2ccccc2)C(=O)O)c1. The number of rotatable bonds is 14. The molecule has 2 aromatic rings. The number of carboxylic acid groups (broad SMARTS) is 2. The summed E-state index contributed by atoms with van der Waals surface area (Å²) in [4.78, 5) is 47.8. The van der Waals surface area contributed by atoms with Gasteiger partial charge in [-0.05, 0) is 30.0 Å². The maximum Gasteiger partial charge on any atom is 0.326 e. The van der Waals surface area contributed by atoms with Gasteiger partial charge in [-0.15, -0.1) is 0 Å². The molecule has 7 N–H and O–H groups in total. The van der Waals surface area contributed by atoms with E-state index in [0.29, 0.717) is 24.0 Å². The summed E-state index contributed by atoms with van der Waals surface area (Å²) in [6.45, 7) is 0. The van der Waals surface area contributed by atoms with Crippen LogP contribution >= 0.6 is 0 Å². The van der Waals surface area contributed by atoms with Crippen LogP contribution in [0.15, 0.2) is 60.7 Å². The summed E-state index contributed by atoms with van der Waals surface area (Å²) < 4.78 is 0. The van der Waals surface area contributed by atoms with Gasteiger partial charge in [-0.25, -0.2) is 4.79 Å². The molecular formula is C26H30N4O6. The van der Waals surface area contributed by atoms with Gasteiger partial charge in [-0.2, -0.15) is 0 Å². The summed E-state index contributed by atoms with van der Waals surface area (Å²) in [6.07, 6.45) is 4.07. The number of amides is 2. The summed E-state index contributed by atoms with van der Waals surface area (Å²) in [6, 6.07) is 13.1. The maximum atomic E-state index is 12.6. The van der Waals surface area contributed by atoms with Crippen molar-refractivity contribution in [2.75, 3.05) is 0 Å². The van der Waals surface area contributed by atoms with E-state index in [9.17, 15) is 24.3 Å². The van der Waals surface area contributed by atoms with Crippen LogP contribution in [-0.2, 0) is 25.6 Å². The normalized spacial score (nSPS) is 12.4. The molecule has 2 amide bonds. The molecule has 0 unspecified atom stereocenters. The number of allylic oxidation sites excluding steroid dienone is 1. The third-order valence-electron chi connectivity index (χ3n) is 5.21. The van der Waals surface area contributed by atoms with Crippen molar-refractivity contribution in [1.82, 2.24) is 10.6 Å². The highest BCUT2D eigenvalue weighted by Gasteiger charge is 2.28. The van der Waals surface area contributed by atoms with E-state index < -0.39 is 42.3 Å². The molecule has 2 aromatic carbocycles. The predicted octanol–water partition coefficient (Wildman–Crippen LogP) is 1.93. The van der Waals surface area contributed by atoms with Crippen LogP contribution < -0.4 is 16.4 Å². The quantitative estimate of drug-likeness (QED) is 0.132. The molecule has 2 rings (SSSR count). The van der Waals surface area contributed by atoms with Crippen molar-refractivity contribution in [2.24, 2.45) is 5.73 Å². The maximum absolute atomic E-state index is 12.6. The van der Waals surface area contributed by atoms with Crippen molar-refractivity contribution in [2.45, 2.75) is 44.2 Å². The number of unbranched alkanes of at least 4 members (excludes halogenated alkanes) is 1. The van der Waals surface area contributed by atoms with Gasteiger partial charge in [0, 0.05) is 18.4 Å². The topological polar surface area (TPSA) is 183 Å². The Balaban J connectivity index is 1.89. The summed E-state index contributed by atoms with van der Waals surface area (Å²) in [5, 5.41) is 30.8. The summed E-state index contributed by atoms with van der Waals surface area (Å²) in [7, 11) is 0. The fourth-order valence-corrected chi connectivity index (χ4v) is 3.38. The number of nitrogen functional groups attached to an aromatic ring is 1. The highest BCUT2D eigenvalue weighted by molar-refractivity contribution is 5.95. The second-order valence-electron chi connectivity index (χ2n) is 8.14. The molecule has 0 saturated carbocycles. The summed E-state index contributed by atoms with van der Waals surface area (Å²) in [5.74, 6) is -4.00. The molecule has 10 nitrogen and oxygen atoms in total. The zero-order chi connectivity index (χ0) is 26.5. The van der Waals surface area contributed by atoms with Gasteiger partial charge in [0.2, 0.25) is 11.8 Å². The van der Waals surface area contributed by atoms with Crippen LogP contribution in [0.5, 0.6) is 0 Å². The molecular weight excluding hydrogens is 464 g/mol. The fourth-order valence-electron chi connectivity index (χ4n) is 3.38. The van der Waals surface area contributed by atoms with E-state index in [-0.39, 0.29) is 18.7 Å². The Morgan fingerprint density at radius 2 is 1.69 bits per heavy atom. The van der Waals surface area contributed by atoms with E-state index in [1.165, 1.54) is 0 Å². The monoisotopic (exact) mass is 494 g/mol. The van der Waals surface area contributed by atoms with Crippen LogP contribution in [0.25, 0.3) is 6.08 Å². The smallest absolute Gasteiger partial charge is 0.326 e. The predicted molar refractivity (Wildman–Crippen MR) is 134 cm³/mol. The van der Waals surface area contributed by atoms with Crippen molar-refractivity contribution in [3.8, 4) is 0 Å². The first-order valence-electron chi connectivity index (χ1n) is 11.3. The zero-order valence-electron chi connectivity index (χ0n) is 19.6. The summed E-state index contributed by atoms with van der Waals surface area (Å²) in [5.41, 5.74) is 7.63. The van der Waals surface area contributed by atoms with Gasteiger partial charge in [0.05, 0.1) is 6.42 Å². The molecule has 0 aromatic heterocycles. The Kier molecular flexibility index (Phi) is 10.8. The van der Waals surface area contributed by atoms with Crippen LogP contribution in [0.3, 0.4) is 0 Å². The van der Waals surface area contributed by atoms with E-state index in [0.717, 1.165) is 5.56 Å². The van der Waals surface area contributed by atoms with Crippen LogP contribution in [-0.4, -0.2) is 51.9 Å². The molecule has 0 fully saturated rings. The van der Waals surface area contributed by atoms with Gasteiger partial charge < -0.3 is 26.6 Å². The Bertz CT molecular complexity index is 1120. The lowest BCUT2D eigenvalue weighted by atomic mass is 10.0. The van der Waals surface area contributed by atoms with E-state index >= 15 is 0 Å². The molecule has 2 atom stereocenters. The van der Waals surface area contributed by atoms with Crippen molar-refractivity contribution in [3.63, 3.8) is 0 Å². The van der Waals surface area contributed by atoms with Gasteiger partial charge >= 0.3 is 11.9 Å². The lowest BCUT2D eigenvalue weighted by molar-refractivity contribution is -0.143. The van der Waals surface area contributed by atoms with E-state index in [1.54, 1.807) is 48.5 Å². The number of benzene rings is 2. The molecule has 10 heteroatoms. The largest absolute Gasteiger partial charge is 0.481 e. The van der Waals surface area contributed by atoms with Gasteiger partial charge in [0.15, 0.2) is 0 Å². The number of hydrogen-bond acceptors (Lipinski definition) is 5. The molecule has 0 bridgehead atoms. The molecule has 36 heavy (non-hydrogen) atoms. The standard InChI is InChI=1S/C26H30N4O6/c27-24(28)19-12-7-11-17(14-19)8-5-2-6-13-22(31)29-20(16-23(32)33)25(34)30-21(26(35)36)15-18-9-3-1-4-10-18/h1,3-5,7-12,14,20-21H,2,6,13,15-16H2,(H3,27,28)(H,29,31)(H,30,34)(H,32,33)(H,35,36)/b8-5+/t20-,21-/m0/s1. The minimum atomic E-state index is -1.41. The Morgan fingerprint density at radius 3 is 2.33 bits per heavy atom. The average Bonchev–Trinajstić information content (AvgIpc) is 2.83. The van der Waals surface area contributed by atoms with Gasteiger partial charge in [-0.3, -0.25) is 19.8 Å². The van der Waals surface area contributed by atoms with Crippen molar-refractivity contribution in [1.29, 1.82) is 5.41 Å². The first-order valence-corrected chi connectivity index (χ1v) is 11.3. The second kappa shape index (κ2) is 14.1. The number of amidine groups is 1. The summed E-state index contributed by atoms with van der Waals surface area (Å²) >= 11 is 0. The van der Waals surface area contributed by atoms with Crippen LogP contribution in [0.4, 0.5) is 0 Å². The van der Waals surface area contributed by atoms with Crippen LogP contribution in [0.1, 0.15) is 42.4 Å². The first kappa shape index (κ1) is 27.8. The van der Waals surface area contributed by atoms with Crippen molar-refractivity contribution >= 4 is 35.7 Å². The molecule has 0 saturated heterocycles. The lowest BCUT2D eigenvalue weighted by Crippen LogP contribution is -2.52. The third-order valence-corrected chi connectivity index (χ3v) is 5.21. The highest BCUT2D eigenvalue weighted by atomic mass is 16.4. The molecule has 0 aliphatic heterocycles. The number of nitrogens with one attached hydrogen (secondary N) is 3. The molecule has 0 aliphatic rings. The Hall–Kier alpha value is -4.47. The number of hydrogen-bond donors (Lipinski definition) is 6. The van der Waals surface area contributed by atoms with E-state index in [2.05, 4.69) is 10.6 Å². The number of carbonyl (C=O) groups excluding carboxylic acids is 2. The number of aliphatic carboxylic acids is 2. The minimum absolute atomic E-state index is 0.0112. The van der Waals surface area contributed by atoms with E-state index in [1.807, 2.05) is 18.2 Å². The van der Waals surface area contributed by atoms with Gasteiger partial charge in [-0.1, -0.05) is 60.7 Å². The number of carbonyl (C=O) groups is 4. The van der Waals surface area contributed by atoms with Crippen molar-refractivity contribution < 1.29 is 29.4 Å². The average molecular weight is 495 g/mol. The zero-order valence-corrected chi connectivity index (χ0v) is 19.6. The Morgan fingerprint density at radius 1 is 0.972 bits per heavy atom. The number of carboxylic acids is 2. The van der Waals surface area contributed by atoms with Gasteiger partial charge in [0.25, 0.3) is 0 Å². The fraction of sp³-hybridized carbons (Fsp3) is 0.269. The van der Waals surface area contributed by atoms with Gasteiger partial charge in [0.1, 0.15) is 17.9 Å².